The van der Waals surface area contributed by atoms with Gasteiger partial charge in [0.1, 0.15) is 5.69 Å². The molecule has 1 saturated carbocycles. The molecule has 20 heavy (non-hydrogen) atoms. The van der Waals surface area contributed by atoms with Gasteiger partial charge in [-0.15, -0.1) is 0 Å². The fraction of sp³-hybridized carbons (Fsp3) is 0.385. The quantitative estimate of drug-likeness (QED) is 0.821. The standard InChI is InChI=1S/C13H13F3N2O2/c14-13(15,16)9-6-10(12(20)17-7-9)18-11(19)5-8-3-1-2-4-8/h5-7H,1-4H2,(H,17,20)(H,18,19). The third-order valence-electron chi connectivity index (χ3n) is 3.07. The second-order valence-corrected chi connectivity index (χ2v) is 4.63. The molecule has 1 heterocycles. The predicted octanol–water partition coefficient (Wildman–Crippen LogP) is 2.83. The van der Waals surface area contributed by atoms with Crippen LogP contribution in [0.3, 0.4) is 0 Å². The Bertz CT molecular complexity index is 594. The number of anilines is 1. The largest absolute Gasteiger partial charge is 0.417 e. The third-order valence-corrected chi connectivity index (χ3v) is 3.07. The normalized spacial score (nSPS) is 15.2. The number of allylic oxidation sites excluding steroid dienone is 1. The Morgan fingerprint density at radius 1 is 1.30 bits per heavy atom. The number of nitrogens with one attached hydrogen (secondary N) is 2. The van der Waals surface area contributed by atoms with Gasteiger partial charge in [-0.3, -0.25) is 9.59 Å². The van der Waals surface area contributed by atoms with Crippen molar-refractivity contribution in [1.29, 1.82) is 0 Å². The van der Waals surface area contributed by atoms with Crippen molar-refractivity contribution in [2.24, 2.45) is 0 Å². The average Bonchev–Trinajstić information content (AvgIpc) is 2.83. The highest BCUT2D eigenvalue weighted by Crippen LogP contribution is 2.29. The summed E-state index contributed by atoms with van der Waals surface area (Å²) in [5, 5.41) is 2.19. The van der Waals surface area contributed by atoms with Crippen LogP contribution in [0.15, 0.2) is 28.7 Å². The van der Waals surface area contributed by atoms with E-state index in [1.807, 2.05) is 4.98 Å². The van der Waals surface area contributed by atoms with Crippen molar-refractivity contribution < 1.29 is 18.0 Å². The van der Waals surface area contributed by atoms with Crippen LogP contribution in [0.4, 0.5) is 18.9 Å². The van der Waals surface area contributed by atoms with E-state index in [0.29, 0.717) is 12.3 Å². The van der Waals surface area contributed by atoms with Crippen LogP contribution in [0.1, 0.15) is 31.2 Å². The molecule has 1 fully saturated rings. The molecule has 4 nitrogen and oxygen atoms in total. The molecule has 0 aromatic carbocycles. The minimum Gasteiger partial charge on any atom is -0.327 e. The molecule has 0 aliphatic heterocycles. The number of hydrogen-bond acceptors (Lipinski definition) is 2. The molecule has 0 atom stereocenters. The highest BCUT2D eigenvalue weighted by Gasteiger charge is 2.31. The van der Waals surface area contributed by atoms with Gasteiger partial charge in [-0.1, -0.05) is 5.57 Å². The summed E-state index contributed by atoms with van der Waals surface area (Å²) in [5.74, 6) is -0.577. The van der Waals surface area contributed by atoms with Crippen molar-refractivity contribution >= 4 is 11.6 Å². The summed E-state index contributed by atoms with van der Waals surface area (Å²) in [7, 11) is 0. The number of amides is 1. The maximum Gasteiger partial charge on any atom is 0.417 e. The first-order valence-corrected chi connectivity index (χ1v) is 6.16. The second-order valence-electron chi connectivity index (χ2n) is 4.63. The Balaban J connectivity index is 2.18. The molecule has 0 saturated heterocycles. The Morgan fingerprint density at radius 2 is 1.95 bits per heavy atom. The van der Waals surface area contributed by atoms with Gasteiger partial charge in [0.15, 0.2) is 0 Å². The van der Waals surface area contributed by atoms with E-state index in [2.05, 4.69) is 5.32 Å². The smallest absolute Gasteiger partial charge is 0.327 e. The molecule has 108 valence electrons. The number of carbonyl (C=O) groups excluding carboxylic acids is 1. The lowest BCUT2D eigenvalue weighted by Gasteiger charge is -2.08. The third kappa shape index (κ3) is 3.49. The predicted molar refractivity (Wildman–Crippen MR) is 67.2 cm³/mol. The summed E-state index contributed by atoms with van der Waals surface area (Å²) < 4.78 is 37.6. The minimum atomic E-state index is -4.58. The van der Waals surface area contributed by atoms with E-state index < -0.39 is 28.9 Å². The van der Waals surface area contributed by atoms with E-state index in [0.717, 1.165) is 31.3 Å². The van der Waals surface area contributed by atoms with E-state index in [9.17, 15) is 22.8 Å². The van der Waals surface area contributed by atoms with Gasteiger partial charge in [0.25, 0.3) is 5.56 Å². The van der Waals surface area contributed by atoms with E-state index in [4.69, 9.17) is 0 Å². The Morgan fingerprint density at radius 3 is 2.55 bits per heavy atom. The molecule has 2 rings (SSSR count). The number of pyridine rings is 1. The van der Waals surface area contributed by atoms with Crippen molar-refractivity contribution in [3.05, 3.63) is 39.8 Å². The van der Waals surface area contributed by atoms with Crippen molar-refractivity contribution in [3.63, 3.8) is 0 Å². The number of rotatable bonds is 2. The van der Waals surface area contributed by atoms with Gasteiger partial charge in [-0.2, -0.15) is 13.2 Å². The van der Waals surface area contributed by atoms with E-state index in [-0.39, 0.29) is 0 Å². The molecule has 7 heteroatoms. The molecule has 1 aliphatic carbocycles. The monoisotopic (exact) mass is 286 g/mol. The number of H-pyrrole nitrogens is 1. The Labute approximate surface area is 112 Å². The number of halogens is 3. The van der Waals surface area contributed by atoms with Crippen LogP contribution in [0, 0.1) is 0 Å². The van der Waals surface area contributed by atoms with Gasteiger partial charge in [0.05, 0.1) is 5.56 Å². The summed E-state index contributed by atoms with van der Waals surface area (Å²) in [5.41, 5.74) is -1.23. The summed E-state index contributed by atoms with van der Waals surface area (Å²) in [6.45, 7) is 0. The number of aromatic amines is 1. The van der Waals surface area contributed by atoms with Crippen LogP contribution in [0.25, 0.3) is 0 Å². The first-order valence-electron chi connectivity index (χ1n) is 6.16. The molecule has 1 aromatic rings. The molecule has 1 aromatic heterocycles. The molecule has 0 bridgehead atoms. The zero-order valence-electron chi connectivity index (χ0n) is 10.5. The van der Waals surface area contributed by atoms with Gasteiger partial charge in [0.2, 0.25) is 5.91 Å². The first-order chi connectivity index (χ1) is 9.36. The molecular weight excluding hydrogens is 273 g/mol. The van der Waals surface area contributed by atoms with E-state index >= 15 is 0 Å². The molecule has 0 spiro atoms. The first kappa shape index (κ1) is 14.4. The van der Waals surface area contributed by atoms with Gasteiger partial charge in [-0.05, 0) is 31.7 Å². The van der Waals surface area contributed by atoms with E-state index in [1.54, 1.807) is 0 Å². The second kappa shape index (κ2) is 5.52. The molecule has 2 N–H and O–H groups in total. The Kier molecular flexibility index (Phi) is 3.96. The minimum absolute atomic E-state index is 0.403. The lowest BCUT2D eigenvalue weighted by Crippen LogP contribution is -2.20. The van der Waals surface area contributed by atoms with Crippen molar-refractivity contribution in [2.45, 2.75) is 31.9 Å². The van der Waals surface area contributed by atoms with Crippen LogP contribution in [0.2, 0.25) is 0 Å². The van der Waals surface area contributed by atoms with Crippen LogP contribution in [0.5, 0.6) is 0 Å². The maximum absolute atomic E-state index is 12.5. The number of hydrogen-bond donors (Lipinski definition) is 2. The fourth-order valence-electron chi connectivity index (χ4n) is 2.07. The molecule has 1 amide bonds. The molecule has 0 radical (unpaired) electrons. The van der Waals surface area contributed by atoms with Crippen LogP contribution < -0.4 is 10.9 Å². The van der Waals surface area contributed by atoms with Crippen molar-refractivity contribution in [1.82, 2.24) is 4.98 Å². The number of alkyl halides is 3. The number of aromatic nitrogens is 1. The summed E-state index contributed by atoms with van der Waals surface area (Å²) in [6.07, 6.45) is 0.985. The van der Waals surface area contributed by atoms with Crippen LogP contribution in [-0.4, -0.2) is 10.9 Å². The lowest BCUT2D eigenvalue weighted by molar-refractivity contribution is -0.137. The molecule has 1 aliphatic rings. The van der Waals surface area contributed by atoms with Gasteiger partial charge < -0.3 is 10.3 Å². The van der Waals surface area contributed by atoms with Gasteiger partial charge in [-0.25, -0.2) is 0 Å². The van der Waals surface area contributed by atoms with Crippen molar-refractivity contribution in [3.8, 4) is 0 Å². The van der Waals surface area contributed by atoms with E-state index in [1.165, 1.54) is 6.08 Å². The Hall–Kier alpha value is -2.05. The van der Waals surface area contributed by atoms with Crippen LogP contribution >= 0.6 is 0 Å². The molecule has 0 unspecified atom stereocenters. The summed E-state index contributed by atoms with van der Waals surface area (Å²) >= 11 is 0. The SMILES string of the molecule is O=C(C=C1CCCC1)Nc1cc(C(F)(F)F)c[nH]c1=O. The lowest BCUT2D eigenvalue weighted by atomic mass is 10.2. The fourth-order valence-corrected chi connectivity index (χ4v) is 2.07. The zero-order chi connectivity index (χ0) is 14.8. The molecular formula is C13H13F3N2O2. The van der Waals surface area contributed by atoms with Gasteiger partial charge in [0, 0.05) is 12.3 Å². The average molecular weight is 286 g/mol. The summed E-state index contributed by atoms with van der Waals surface area (Å²) in [4.78, 5) is 25.0. The maximum atomic E-state index is 12.5. The number of carbonyl (C=O) groups is 1. The van der Waals surface area contributed by atoms with Crippen molar-refractivity contribution in [2.75, 3.05) is 5.32 Å². The highest BCUT2D eigenvalue weighted by molar-refractivity contribution is 5.99. The highest BCUT2D eigenvalue weighted by atomic mass is 19.4. The summed E-state index contributed by atoms with van der Waals surface area (Å²) in [6, 6.07) is 0.629. The zero-order valence-corrected chi connectivity index (χ0v) is 10.5. The van der Waals surface area contributed by atoms with Crippen LogP contribution in [-0.2, 0) is 11.0 Å². The van der Waals surface area contributed by atoms with Gasteiger partial charge >= 0.3 is 6.18 Å². The topological polar surface area (TPSA) is 62.0 Å².